The number of nitrogens with one attached hydrogen (secondary N) is 3. The Kier molecular flexibility index (Phi) is 12.6. The molecule has 12 heteroatoms. The van der Waals surface area contributed by atoms with Gasteiger partial charge in [-0.3, -0.25) is 14.4 Å². The van der Waals surface area contributed by atoms with Crippen LogP contribution >= 0.6 is 11.8 Å². The molecule has 0 spiro atoms. The maximum absolute atomic E-state index is 12.7. The second-order valence-corrected chi connectivity index (χ2v) is 8.92. The van der Waals surface area contributed by atoms with E-state index in [1.807, 2.05) is 6.26 Å². The van der Waals surface area contributed by atoms with Crippen LogP contribution < -0.4 is 21.7 Å². The lowest BCUT2D eigenvalue weighted by atomic mass is 10.0. The number of amides is 3. The summed E-state index contributed by atoms with van der Waals surface area (Å²) in [5.41, 5.74) is 6.47. The van der Waals surface area contributed by atoms with Crippen LogP contribution in [0.25, 0.3) is 0 Å². The molecule has 1 rings (SSSR count). The Morgan fingerprint density at radius 2 is 1.41 bits per heavy atom. The van der Waals surface area contributed by atoms with Gasteiger partial charge in [-0.1, -0.05) is 30.3 Å². The maximum Gasteiger partial charge on any atom is 0.326 e. The molecule has 8 N–H and O–H groups in total. The second kappa shape index (κ2) is 14.6. The van der Waals surface area contributed by atoms with Crippen LogP contribution in [0.4, 0.5) is 0 Å². The number of rotatable bonds is 14. The van der Waals surface area contributed by atoms with Crippen molar-refractivity contribution in [2.45, 2.75) is 63.1 Å². The van der Waals surface area contributed by atoms with Crippen LogP contribution in [0.1, 0.15) is 25.8 Å². The Labute approximate surface area is 202 Å². The Balaban J connectivity index is 2.90. The van der Waals surface area contributed by atoms with Crippen LogP contribution in [-0.4, -0.2) is 87.4 Å². The van der Waals surface area contributed by atoms with Crippen molar-refractivity contribution in [2.75, 3.05) is 12.0 Å². The van der Waals surface area contributed by atoms with E-state index in [0.29, 0.717) is 17.7 Å². The van der Waals surface area contributed by atoms with Crippen molar-refractivity contribution < 1.29 is 34.5 Å². The van der Waals surface area contributed by atoms with Gasteiger partial charge in [0.25, 0.3) is 0 Å². The first-order chi connectivity index (χ1) is 16.0. The van der Waals surface area contributed by atoms with Gasteiger partial charge in [0.1, 0.15) is 18.1 Å². The SMILES string of the molecule is CSCCC(N)C(=O)NC(C(=O)NC(C(=O)NC(Cc1ccccc1)C(=O)O)C(C)O)C(C)O. The number of aliphatic hydroxyl groups is 2. The zero-order valence-corrected chi connectivity index (χ0v) is 20.2. The van der Waals surface area contributed by atoms with Crippen molar-refractivity contribution in [3.8, 4) is 0 Å². The normalized spacial score (nSPS) is 16.3. The summed E-state index contributed by atoms with van der Waals surface area (Å²) in [7, 11) is 0. The van der Waals surface area contributed by atoms with Gasteiger partial charge in [-0.05, 0) is 37.8 Å². The molecule has 6 unspecified atom stereocenters. The Morgan fingerprint density at radius 3 is 1.88 bits per heavy atom. The summed E-state index contributed by atoms with van der Waals surface area (Å²) in [6.45, 7) is 2.52. The van der Waals surface area contributed by atoms with Gasteiger partial charge >= 0.3 is 5.97 Å². The topological polar surface area (TPSA) is 191 Å². The third-order valence-corrected chi connectivity index (χ3v) is 5.64. The molecule has 1 aromatic rings. The summed E-state index contributed by atoms with van der Waals surface area (Å²) in [6.07, 6.45) is -0.531. The molecule has 0 bridgehead atoms. The van der Waals surface area contributed by atoms with E-state index < -0.39 is 60.1 Å². The Morgan fingerprint density at radius 1 is 0.912 bits per heavy atom. The van der Waals surface area contributed by atoms with Gasteiger partial charge in [-0.2, -0.15) is 11.8 Å². The average molecular weight is 499 g/mol. The molecule has 0 heterocycles. The van der Waals surface area contributed by atoms with Gasteiger partial charge in [0.2, 0.25) is 17.7 Å². The highest BCUT2D eigenvalue weighted by atomic mass is 32.2. The summed E-state index contributed by atoms with van der Waals surface area (Å²) < 4.78 is 0. The van der Waals surface area contributed by atoms with Gasteiger partial charge in [-0.15, -0.1) is 0 Å². The minimum atomic E-state index is -1.53. The molecule has 190 valence electrons. The lowest BCUT2D eigenvalue weighted by molar-refractivity contribution is -0.143. The van der Waals surface area contributed by atoms with Crippen molar-refractivity contribution in [1.29, 1.82) is 0 Å². The van der Waals surface area contributed by atoms with Crippen LogP contribution in [0, 0.1) is 0 Å². The molecule has 3 amide bonds. The van der Waals surface area contributed by atoms with E-state index in [0.717, 1.165) is 0 Å². The molecule has 1 aromatic carbocycles. The number of carbonyl (C=O) groups excluding carboxylic acids is 3. The summed E-state index contributed by atoms with van der Waals surface area (Å²) in [5.74, 6) is -3.18. The van der Waals surface area contributed by atoms with Crippen LogP contribution in [0.3, 0.4) is 0 Å². The van der Waals surface area contributed by atoms with Crippen molar-refractivity contribution in [1.82, 2.24) is 16.0 Å². The third-order valence-electron chi connectivity index (χ3n) is 4.99. The quantitative estimate of drug-likeness (QED) is 0.162. The average Bonchev–Trinajstić information content (AvgIpc) is 2.78. The number of aliphatic carboxylic acids is 1. The van der Waals surface area contributed by atoms with Crippen LogP contribution in [-0.2, 0) is 25.6 Å². The fraction of sp³-hybridized carbons (Fsp3) is 0.545. The van der Waals surface area contributed by atoms with Crippen molar-refractivity contribution in [2.24, 2.45) is 5.73 Å². The lowest BCUT2D eigenvalue weighted by Gasteiger charge is -2.27. The zero-order chi connectivity index (χ0) is 25.8. The fourth-order valence-corrected chi connectivity index (χ4v) is 3.49. The summed E-state index contributed by atoms with van der Waals surface area (Å²) in [5, 5.41) is 36.5. The van der Waals surface area contributed by atoms with Crippen LogP contribution in [0.15, 0.2) is 30.3 Å². The van der Waals surface area contributed by atoms with Crippen molar-refractivity contribution >= 4 is 35.5 Å². The molecule has 0 aliphatic carbocycles. The smallest absolute Gasteiger partial charge is 0.326 e. The van der Waals surface area contributed by atoms with Crippen molar-refractivity contribution in [3.05, 3.63) is 35.9 Å². The third kappa shape index (κ3) is 9.67. The highest BCUT2D eigenvalue weighted by molar-refractivity contribution is 7.98. The Hall–Kier alpha value is -2.67. The predicted molar refractivity (Wildman–Crippen MR) is 128 cm³/mol. The van der Waals surface area contributed by atoms with Gasteiger partial charge in [0.05, 0.1) is 18.2 Å². The molecule has 0 aromatic heterocycles. The molecule has 0 fully saturated rings. The zero-order valence-electron chi connectivity index (χ0n) is 19.4. The first-order valence-electron chi connectivity index (χ1n) is 10.8. The molecular weight excluding hydrogens is 464 g/mol. The Bertz CT molecular complexity index is 823. The second-order valence-electron chi connectivity index (χ2n) is 7.93. The molecule has 0 saturated carbocycles. The van der Waals surface area contributed by atoms with Crippen LogP contribution in [0.5, 0.6) is 0 Å². The summed E-state index contributed by atoms with van der Waals surface area (Å²) in [6, 6.07) is 3.45. The number of carboxylic acids is 1. The number of carboxylic acid groups (broad SMARTS) is 1. The molecule has 0 aliphatic rings. The van der Waals surface area contributed by atoms with E-state index in [2.05, 4.69) is 16.0 Å². The first kappa shape index (κ1) is 29.4. The van der Waals surface area contributed by atoms with Crippen LogP contribution in [0.2, 0.25) is 0 Å². The van der Waals surface area contributed by atoms with E-state index in [-0.39, 0.29) is 6.42 Å². The number of hydrogen-bond acceptors (Lipinski definition) is 8. The lowest BCUT2D eigenvalue weighted by Crippen LogP contribution is -2.62. The summed E-state index contributed by atoms with van der Waals surface area (Å²) in [4.78, 5) is 49.4. The molecular formula is C22H34N4O7S. The minimum absolute atomic E-state index is 0.0112. The van der Waals surface area contributed by atoms with E-state index >= 15 is 0 Å². The number of carbonyl (C=O) groups is 4. The van der Waals surface area contributed by atoms with E-state index in [9.17, 15) is 34.5 Å². The molecule has 6 atom stereocenters. The van der Waals surface area contributed by atoms with Gasteiger partial charge in [-0.25, -0.2) is 4.79 Å². The number of thioether (sulfide) groups is 1. The van der Waals surface area contributed by atoms with Gasteiger partial charge in [0, 0.05) is 6.42 Å². The van der Waals surface area contributed by atoms with Gasteiger partial charge < -0.3 is 37.0 Å². The van der Waals surface area contributed by atoms with Gasteiger partial charge in [0.15, 0.2) is 0 Å². The molecule has 0 saturated heterocycles. The maximum atomic E-state index is 12.7. The fourth-order valence-electron chi connectivity index (χ4n) is 3.00. The molecule has 11 nitrogen and oxygen atoms in total. The number of benzene rings is 1. The van der Waals surface area contributed by atoms with Crippen molar-refractivity contribution in [3.63, 3.8) is 0 Å². The molecule has 0 aliphatic heterocycles. The first-order valence-corrected chi connectivity index (χ1v) is 12.2. The molecule has 34 heavy (non-hydrogen) atoms. The highest BCUT2D eigenvalue weighted by Crippen LogP contribution is 2.06. The highest BCUT2D eigenvalue weighted by Gasteiger charge is 2.34. The number of hydrogen-bond donors (Lipinski definition) is 7. The number of aliphatic hydroxyl groups excluding tert-OH is 2. The minimum Gasteiger partial charge on any atom is -0.480 e. The van der Waals surface area contributed by atoms with E-state index in [1.165, 1.54) is 25.6 Å². The van der Waals surface area contributed by atoms with E-state index in [4.69, 9.17) is 5.73 Å². The monoisotopic (exact) mass is 498 g/mol. The standard InChI is InChI=1S/C22H34N4O7S/c1-12(27)17(20(30)24-16(22(32)33)11-14-7-5-4-6-8-14)26-21(31)18(13(2)28)25-19(29)15(23)9-10-34-3/h4-8,12-13,15-18,27-28H,9-11,23H2,1-3H3,(H,24,30)(H,25,29)(H,26,31)(H,32,33). The predicted octanol–water partition coefficient (Wildman–Crippen LogP) is -1.39. The number of nitrogens with two attached hydrogens (primary N) is 1. The largest absolute Gasteiger partial charge is 0.480 e. The summed E-state index contributed by atoms with van der Waals surface area (Å²) >= 11 is 1.50. The van der Waals surface area contributed by atoms with E-state index in [1.54, 1.807) is 30.3 Å². The molecule has 0 radical (unpaired) electrons.